The molecule has 3 nitrogen and oxygen atoms in total. The number of fused-ring (bicyclic) bond motifs is 1. The van der Waals surface area contributed by atoms with Gasteiger partial charge in [0.25, 0.3) is 0 Å². The molecule has 0 unspecified atom stereocenters. The van der Waals surface area contributed by atoms with Gasteiger partial charge in [0.15, 0.2) is 6.29 Å². The largest absolute Gasteiger partial charge is 0.456 e. The number of carbonyl (C=O) groups excluding carboxylic acids is 1. The van der Waals surface area contributed by atoms with Crippen molar-refractivity contribution in [3.63, 3.8) is 0 Å². The third kappa shape index (κ3) is 2.42. The van der Waals surface area contributed by atoms with E-state index < -0.39 is 0 Å². The molecule has 4 heteroatoms. The van der Waals surface area contributed by atoms with Crippen LogP contribution in [0, 0.1) is 0 Å². The molecule has 0 saturated carbocycles. The first-order chi connectivity index (χ1) is 9.78. The Balaban J connectivity index is 2.10. The summed E-state index contributed by atoms with van der Waals surface area (Å²) < 4.78 is 6.75. The summed E-state index contributed by atoms with van der Waals surface area (Å²) in [6.07, 6.45) is 2.52. The minimum absolute atomic E-state index is 0.508. The predicted molar refractivity (Wildman–Crippen MR) is 81.3 cm³/mol. The molecule has 0 spiro atoms. The Labute approximate surface area is 124 Å². The number of nitrogens with zero attached hydrogens (tertiary/aromatic N) is 1. The third-order valence-electron chi connectivity index (χ3n) is 2.93. The van der Waals surface area contributed by atoms with Crippen molar-refractivity contribution in [2.45, 2.75) is 0 Å². The number of rotatable bonds is 3. The van der Waals surface area contributed by atoms with E-state index >= 15 is 0 Å². The fourth-order valence-electron chi connectivity index (χ4n) is 1.98. The van der Waals surface area contributed by atoms with Gasteiger partial charge in [0, 0.05) is 16.1 Å². The summed E-state index contributed by atoms with van der Waals surface area (Å²) in [7, 11) is 0. The first-order valence-electron chi connectivity index (χ1n) is 6.04. The molecule has 3 aromatic rings. The molecule has 1 aromatic heterocycles. The molecule has 0 amide bonds. The van der Waals surface area contributed by atoms with Crippen LogP contribution in [-0.2, 0) is 0 Å². The Bertz CT molecular complexity index is 781. The van der Waals surface area contributed by atoms with Crippen molar-refractivity contribution in [2.24, 2.45) is 0 Å². The second-order valence-corrected chi connectivity index (χ2v) is 5.14. The van der Waals surface area contributed by atoms with Crippen molar-refractivity contribution in [1.82, 2.24) is 4.98 Å². The molecule has 0 saturated heterocycles. The third-order valence-corrected chi connectivity index (χ3v) is 3.42. The smallest absolute Gasteiger partial charge is 0.153 e. The van der Waals surface area contributed by atoms with Crippen molar-refractivity contribution in [3.8, 4) is 11.5 Å². The minimum Gasteiger partial charge on any atom is -0.456 e. The molecule has 0 fully saturated rings. The average Bonchev–Trinajstić information content (AvgIpc) is 2.48. The van der Waals surface area contributed by atoms with Crippen molar-refractivity contribution in [3.05, 3.63) is 64.8 Å². The van der Waals surface area contributed by atoms with Crippen LogP contribution in [-0.4, -0.2) is 11.3 Å². The molecule has 0 aliphatic heterocycles. The molecule has 0 aliphatic rings. The molecule has 1 heterocycles. The zero-order valence-electron chi connectivity index (χ0n) is 10.4. The molecular formula is C16H10BrNO2. The monoisotopic (exact) mass is 327 g/mol. The van der Waals surface area contributed by atoms with Crippen LogP contribution in [0.5, 0.6) is 11.5 Å². The highest BCUT2D eigenvalue weighted by atomic mass is 79.9. The SMILES string of the molecule is O=Cc1ccc(Br)cc1Oc1cccc2ncccc12. The van der Waals surface area contributed by atoms with Crippen LogP contribution >= 0.6 is 15.9 Å². The number of benzene rings is 2. The standard InChI is InChI=1S/C16H10BrNO2/c17-12-7-6-11(10-19)16(9-12)20-15-5-1-4-14-13(15)3-2-8-18-14/h1-10H. The number of hydrogen-bond acceptors (Lipinski definition) is 3. The van der Waals surface area contributed by atoms with Gasteiger partial charge in [-0.15, -0.1) is 0 Å². The topological polar surface area (TPSA) is 39.2 Å². The minimum atomic E-state index is 0.508. The second kappa shape index (κ2) is 5.43. The highest BCUT2D eigenvalue weighted by Crippen LogP contribution is 2.31. The Morgan fingerprint density at radius 1 is 1.05 bits per heavy atom. The number of carbonyl (C=O) groups is 1. The molecule has 2 aromatic carbocycles. The summed E-state index contributed by atoms with van der Waals surface area (Å²) >= 11 is 3.38. The molecular weight excluding hydrogens is 318 g/mol. The van der Waals surface area contributed by atoms with Gasteiger partial charge in [0.1, 0.15) is 11.5 Å². The zero-order chi connectivity index (χ0) is 13.9. The highest BCUT2D eigenvalue weighted by Gasteiger charge is 2.08. The van der Waals surface area contributed by atoms with E-state index in [-0.39, 0.29) is 0 Å². The highest BCUT2D eigenvalue weighted by molar-refractivity contribution is 9.10. The lowest BCUT2D eigenvalue weighted by Crippen LogP contribution is -1.91. The lowest BCUT2D eigenvalue weighted by atomic mass is 10.2. The molecule has 3 rings (SSSR count). The zero-order valence-corrected chi connectivity index (χ0v) is 12.0. The van der Waals surface area contributed by atoms with E-state index in [2.05, 4.69) is 20.9 Å². The molecule has 0 radical (unpaired) electrons. The van der Waals surface area contributed by atoms with Crippen LogP contribution in [0.2, 0.25) is 0 Å². The normalized spacial score (nSPS) is 10.4. The number of aromatic nitrogens is 1. The van der Waals surface area contributed by atoms with Gasteiger partial charge in [-0.05, 0) is 42.5 Å². The Kier molecular flexibility index (Phi) is 3.48. The molecule has 0 atom stereocenters. The summed E-state index contributed by atoms with van der Waals surface area (Å²) in [5, 5.41) is 0.909. The van der Waals surface area contributed by atoms with Gasteiger partial charge in [0.2, 0.25) is 0 Å². The fraction of sp³-hybridized carbons (Fsp3) is 0. The number of hydrogen-bond donors (Lipinski definition) is 0. The second-order valence-electron chi connectivity index (χ2n) is 4.23. The van der Waals surface area contributed by atoms with E-state index in [4.69, 9.17) is 4.74 Å². The van der Waals surface area contributed by atoms with E-state index in [0.29, 0.717) is 17.1 Å². The van der Waals surface area contributed by atoms with Crippen LogP contribution < -0.4 is 4.74 Å². The van der Waals surface area contributed by atoms with E-state index in [0.717, 1.165) is 21.7 Å². The maximum Gasteiger partial charge on any atom is 0.153 e. The lowest BCUT2D eigenvalue weighted by molar-refractivity contribution is 0.112. The lowest BCUT2D eigenvalue weighted by Gasteiger charge is -2.10. The van der Waals surface area contributed by atoms with Crippen LogP contribution in [0.15, 0.2) is 59.2 Å². The van der Waals surface area contributed by atoms with Gasteiger partial charge in [-0.3, -0.25) is 9.78 Å². The number of halogens is 1. The van der Waals surface area contributed by atoms with Gasteiger partial charge in [-0.2, -0.15) is 0 Å². The molecule has 0 aliphatic carbocycles. The summed E-state index contributed by atoms with van der Waals surface area (Å²) in [6.45, 7) is 0. The van der Waals surface area contributed by atoms with E-state index in [1.807, 2.05) is 30.3 Å². The van der Waals surface area contributed by atoms with Gasteiger partial charge >= 0.3 is 0 Å². The maximum absolute atomic E-state index is 11.1. The van der Waals surface area contributed by atoms with Crippen molar-refractivity contribution >= 4 is 33.1 Å². The van der Waals surface area contributed by atoms with Crippen molar-refractivity contribution < 1.29 is 9.53 Å². The first kappa shape index (κ1) is 12.8. The maximum atomic E-state index is 11.1. The van der Waals surface area contributed by atoms with Gasteiger partial charge in [0.05, 0.1) is 11.1 Å². The summed E-state index contributed by atoms with van der Waals surface area (Å²) in [4.78, 5) is 15.4. The van der Waals surface area contributed by atoms with Crippen LogP contribution in [0.1, 0.15) is 10.4 Å². The van der Waals surface area contributed by atoms with E-state index in [1.165, 1.54) is 0 Å². The predicted octanol–water partition coefficient (Wildman–Crippen LogP) is 4.60. The van der Waals surface area contributed by atoms with Gasteiger partial charge < -0.3 is 4.74 Å². The Hall–Kier alpha value is -2.20. The van der Waals surface area contributed by atoms with Crippen molar-refractivity contribution in [2.75, 3.05) is 0 Å². The summed E-state index contributed by atoms with van der Waals surface area (Å²) in [5.74, 6) is 1.20. The fourth-order valence-corrected chi connectivity index (χ4v) is 2.32. The molecule has 0 N–H and O–H groups in total. The van der Waals surface area contributed by atoms with Crippen LogP contribution in [0.4, 0.5) is 0 Å². The Morgan fingerprint density at radius 3 is 2.80 bits per heavy atom. The van der Waals surface area contributed by atoms with Crippen LogP contribution in [0.25, 0.3) is 10.9 Å². The number of pyridine rings is 1. The van der Waals surface area contributed by atoms with E-state index in [9.17, 15) is 4.79 Å². The van der Waals surface area contributed by atoms with Gasteiger partial charge in [-0.25, -0.2) is 0 Å². The Morgan fingerprint density at radius 2 is 1.95 bits per heavy atom. The molecule has 0 bridgehead atoms. The molecule has 98 valence electrons. The summed E-state index contributed by atoms with van der Waals surface area (Å²) in [5.41, 5.74) is 1.36. The number of ether oxygens (including phenoxy) is 1. The average molecular weight is 328 g/mol. The molecule has 20 heavy (non-hydrogen) atoms. The van der Waals surface area contributed by atoms with E-state index in [1.54, 1.807) is 24.4 Å². The quantitative estimate of drug-likeness (QED) is 0.660. The van der Waals surface area contributed by atoms with Crippen molar-refractivity contribution in [1.29, 1.82) is 0 Å². The van der Waals surface area contributed by atoms with Crippen LogP contribution in [0.3, 0.4) is 0 Å². The summed E-state index contributed by atoms with van der Waals surface area (Å²) in [6, 6.07) is 14.8. The van der Waals surface area contributed by atoms with Gasteiger partial charge in [-0.1, -0.05) is 22.0 Å². The first-order valence-corrected chi connectivity index (χ1v) is 6.83. The number of aldehydes is 1.